The van der Waals surface area contributed by atoms with Gasteiger partial charge in [-0.25, -0.2) is 0 Å². The van der Waals surface area contributed by atoms with Crippen LogP contribution in [0.1, 0.15) is 84.1 Å². The summed E-state index contributed by atoms with van der Waals surface area (Å²) in [5.74, 6) is 0. The third kappa shape index (κ3) is 5.76. The molecule has 0 radical (unpaired) electrons. The predicted octanol–water partition coefficient (Wildman–Crippen LogP) is 5.89. The SMILES string of the molecule is CCCCCCC(C)(CCCCC)c1ccncc1. The molecule has 1 unspecified atom stereocenters. The first-order valence-electron chi connectivity index (χ1n) is 8.13. The number of hydrogen-bond donors (Lipinski definition) is 0. The van der Waals surface area contributed by atoms with Gasteiger partial charge in [0.2, 0.25) is 0 Å². The Morgan fingerprint density at radius 1 is 0.842 bits per heavy atom. The highest BCUT2D eigenvalue weighted by atomic mass is 14.6. The van der Waals surface area contributed by atoms with Crippen molar-refractivity contribution < 1.29 is 0 Å². The summed E-state index contributed by atoms with van der Waals surface area (Å²) in [6.07, 6.45) is 16.0. The third-order valence-electron chi connectivity index (χ3n) is 4.29. The molecule has 1 aromatic rings. The second-order valence-electron chi connectivity index (χ2n) is 6.06. The van der Waals surface area contributed by atoms with Crippen molar-refractivity contribution in [2.24, 2.45) is 0 Å². The fourth-order valence-corrected chi connectivity index (χ4v) is 2.88. The quantitative estimate of drug-likeness (QED) is 0.478. The molecule has 0 spiro atoms. The number of nitrogens with zero attached hydrogens (tertiary/aromatic N) is 1. The number of unbranched alkanes of at least 4 members (excludes halogenated alkanes) is 5. The summed E-state index contributed by atoms with van der Waals surface area (Å²) >= 11 is 0. The van der Waals surface area contributed by atoms with Crippen molar-refractivity contribution in [1.29, 1.82) is 0 Å². The topological polar surface area (TPSA) is 12.9 Å². The monoisotopic (exact) mass is 261 g/mol. The van der Waals surface area contributed by atoms with Gasteiger partial charge < -0.3 is 0 Å². The van der Waals surface area contributed by atoms with E-state index in [0.717, 1.165) is 0 Å². The van der Waals surface area contributed by atoms with E-state index >= 15 is 0 Å². The fraction of sp³-hybridized carbons (Fsp3) is 0.722. The minimum atomic E-state index is 0.353. The number of rotatable bonds is 10. The Balaban J connectivity index is 2.61. The molecule has 1 atom stereocenters. The molecular formula is C18H31N. The average molecular weight is 261 g/mol. The lowest BCUT2D eigenvalue weighted by atomic mass is 9.74. The highest BCUT2D eigenvalue weighted by molar-refractivity contribution is 5.21. The molecule has 0 aliphatic rings. The van der Waals surface area contributed by atoms with Crippen LogP contribution in [0, 0.1) is 0 Å². The Morgan fingerprint density at radius 2 is 1.37 bits per heavy atom. The van der Waals surface area contributed by atoms with Crippen LogP contribution in [0.3, 0.4) is 0 Å². The van der Waals surface area contributed by atoms with Crippen LogP contribution >= 0.6 is 0 Å². The molecule has 19 heavy (non-hydrogen) atoms. The number of hydrogen-bond acceptors (Lipinski definition) is 1. The van der Waals surface area contributed by atoms with Gasteiger partial charge in [-0.3, -0.25) is 4.98 Å². The molecule has 1 heteroatoms. The third-order valence-corrected chi connectivity index (χ3v) is 4.29. The zero-order valence-electron chi connectivity index (χ0n) is 13.1. The molecule has 0 aliphatic heterocycles. The van der Waals surface area contributed by atoms with Gasteiger partial charge in [0.1, 0.15) is 0 Å². The van der Waals surface area contributed by atoms with Crippen LogP contribution < -0.4 is 0 Å². The minimum Gasteiger partial charge on any atom is -0.265 e. The summed E-state index contributed by atoms with van der Waals surface area (Å²) in [5.41, 5.74) is 1.83. The standard InChI is InChI=1S/C18H31N/c1-4-6-8-10-14-18(3,13-9-7-5-2)17-11-15-19-16-12-17/h11-12,15-16H,4-10,13-14H2,1-3H3. The first kappa shape index (κ1) is 16.2. The summed E-state index contributed by atoms with van der Waals surface area (Å²) in [6, 6.07) is 4.43. The Hall–Kier alpha value is -0.850. The van der Waals surface area contributed by atoms with Gasteiger partial charge in [-0.15, -0.1) is 0 Å². The van der Waals surface area contributed by atoms with Gasteiger partial charge in [0.05, 0.1) is 0 Å². The van der Waals surface area contributed by atoms with E-state index in [1.807, 2.05) is 12.4 Å². The molecule has 0 aromatic carbocycles. The highest BCUT2D eigenvalue weighted by Gasteiger charge is 2.25. The molecule has 0 saturated heterocycles. The van der Waals surface area contributed by atoms with E-state index in [2.05, 4.69) is 37.9 Å². The van der Waals surface area contributed by atoms with E-state index in [1.54, 1.807) is 0 Å². The fourth-order valence-electron chi connectivity index (χ4n) is 2.88. The lowest BCUT2D eigenvalue weighted by molar-refractivity contribution is 0.365. The zero-order chi connectivity index (χ0) is 14.0. The molecule has 1 rings (SSSR count). The second kappa shape index (κ2) is 9.12. The molecule has 0 aliphatic carbocycles. The van der Waals surface area contributed by atoms with Crippen molar-refractivity contribution in [2.45, 2.75) is 84.0 Å². The van der Waals surface area contributed by atoms with Crippen LogP contribution in [0.2, 0.25) is 0 Å². The summed E-state index contributed by atoms with van der Waals surface area (Å²) in [7, 11) is 0. The van der Waals surface area contributed by atoms with Gasteiger partial charge in [0.15, 0.2) is 0 Å². The van der Waals surface area contributed by atoms with Gasteiger partial charge in [-0.1, -0.05) is 65.7 Å². The van der Waals surface area contributed by atoms with Gasteiger partial charge in [-0.05, 0) is 36.0 Å². The maximum atomic E-state index is 4.17. The van der Waals surface area contributed by atoms with Crippen molar-refractivity contribution in [3.05, 3.63) is 30.1 Å². The summed E-state index contributed by atoms with van der Waals surface area (Å²) < 4.78 is 0. The van der Waals surface area contributed by atoms with E-state index in [0.29, 0.717) is 5.41 Å². The van der Waals surface area contributed by atoms with E-state index in [4.69, 9.17) is 0 Å². The normalized spacial score (nSPS) is 14.3. The maximum absolute atomic E-state index is 4.17. The average Bonchev–Trinajstić information content (AvgIpc) is 2.45. The van der Waals surface area contributed by atoms with Crippen molar-refractivity contribution in [3.8, 4) is 0 Å². The lowest BCUT2D eigenvalue weighted by Gasteiger charge is -2.30. The van der Waals surface area contributed by atoms with E-state index in [-0.39, 0.29) is 0 Å². The predicted molar refractivity (Wildman–Crippen MR) is 84.5 cm³/mol. The van der Waals surface area contributed by atoms with Gasteiger partial charge in [-0.2, -0.15) is 0 Å². The van der Waals surface area contributed by atoms with Crippen LogP contribution in [0.15, 0.2) is 24.5 Å². The molecule has 0 saturated carbocycles. The second-order valence-corrected chi connectivity index (χ2v) is 6.06. The van der Waals surface area contributed by atoms with Crippen LogP contribution in [0.5, 0.6) is 0 Å². The lowest BCUT2D eigenvalue weighted by Crippen LogP contribution is -2.22. The van der Waals surface area contributed by atoms with Crippen molar-refractivity contribution in [1.82, 2.24) is 4.98 Å². The summed E-state index contributed by atoms with van der Waals surface area (Å²) in [4.78, 5) is 4.17. The molecule has 0 N–H and O–H groups in total. The summed E-state index contributed by atoms with van der Waals surface area (Å²) in [5, 5.41) is 0. The van der Waals surface area contributed by atoms with Gasteiger partial charge in [0.25, 0.3) is 0 Å². The summed E-state index contributed by atoms with van der Waals surface area (Å²) in [6.45, 7) is 7.01. The maximum Gasteiger partial charge on any atom is 0.0270 e. The van der Waals surface area contributed by atoms with Crippen LogP contribution in [0.4, 0.5) is 0 Å². The van der Waals surface area contributed by atoms with Crippen molar-refractivity contribution in [2.75, 3.05) is 0 Å². The zero-order valence-corrected chi connectivity index (χ0v) is 13.1. The Kier molecular flexibility index (Phi) is 7.78. The van der Waals surface area contributed by atoms with Crippen LogP contribution in [0.25, 0.3) is 0 Å². The molecule has 1 aromatic heterocycles. The smallest absolute Gasteiger partial charge is 0.0270 e. The molecule has 0 bridgehead atoms. The van der Waals surface area contributed by atoms with E-state index in [1.165, 1.54) is 63.4 Å². The minimum absolute atomic E-state index is 0.353. The molecular weight excluding hydrogens is 230 g/mol. The van der Waals surface area contributed by atoms with Crippen molar-refractivity contribution in [3.63, 3.8) is 0 Å². The number of aromatic nitrogens is 1. The van der Waals surface area contributed by atoms with E-state index < -0.39 is 0 Å². The largest absolute Gasteiger partial charge is 0.265 e. The Morgan fingerprint density at radius 3 is 1.95 bits per heavy atom. The van der Waals surface area contributed by atoms with Gasteiger partial charge in [0, 0.05) is 12.4 Å². The van der Waals surface area contributed by atoms with Crippen molar-refractivity contribution >= 4 is 0 Å². The van der Waals surface area contributed by atoms with Crippen LogP contribution in [-0.4, -0.2) is 4.98 Å². The molecule has 1 heterocycles. The Bertz CT molecular complexity index is 320. The number of pyridine rings is 1. The van der Waals surface area contributed by atoms with Crippen LogP contribution in [-0.2, 0) is 5.41 Å². The molecule has 0 fully saturated rings. The molecule has 1 nitrogen and oxygen atoms in total. The molecule has 108 valence electrons. The first-order chi connectivity index (χ1) is 9.23. The molecule has 0 amide bonds. The van der Waals surface area contributed by atoms with E-state index in [9.17, 15) is 0 Å². The highest BCUT2D eigenvalue weighted by Crippen LogP contribution is 2.35. The Labute approximate surface area is 119 Å². The van der Waals surface area contributed by atoms with Gasteiger partial charge >= 0.3 is 0 Å². The first-order valence-corrected chi connectivity index (χ1v) is 8.13.